The van der Waals surface area contributed by atoms with E-state index in [-0.39, 0.29) is 11.3 Å². The summed E-state index contributed by atoms with van der Waals surface area (Å²) in [6.07, 6.45) is 0. The third-order valence-corrected chi connectivity index (χ3v) is 7.35. The van der Waals surface area contributed by atoms with Gasteiger partial charge in [0, 0.05) is 18.7 Å². The zero-order valence-corrected chi connectivity index (χ0v) is 22.8. The van der Waals surface area contributed by atoms with Crippen LogP contribution < -0.4 is 14.2 Å². The zero-order chi connectivity index (χ0) is 28.1. The molecule has 2 heterocycles. The molecule has 0 saturated carbocycles. The Kier molecular flexibility index (Phi) is 8.36. The molecular weight excluding hydrogens is 508 g/mol. The molecular formula is C32H34N2O6. The van der Waals surface area contributed by atoms with Crippen LogP contribution in [0.4, 0.5) is 0 Å². The predicted octanol–water partition coefficient (Wildman–Crippen LogP) is 4.80. The van der Waals surface area contributed by atoms with Crippen molar-refractivity contribution in [3.63, 3.8) is 0 Å². The molecule has 0 aromatic heterocycles. The maximum Gasteiger partial charge on any atom is 0.295 e. The number of likely N-dealkylation sites (N-methyl/N-ethyl adjacent to an activating group) is 1. The molecule has 2 aliphatic rings. The van der Waals surface area contributed by atoms with Crippen molar-refractivity contribution in [2.24, 2.45) is 0 Å². The van der Waals surface area contributed by atoms with E-state index in [0.29, 0.717) is 61.3 Å². The van der Waals surface area contributed by atoms with Crippen LogP contribution in [0.15, 0.2) is 78.4 Å². The maximum atomic E-state index is 13.4. The minimum Gasteiger partial charge on any atom is -0.507 e. The topological polar surface area (TPSA) is 88.5 Å². The molecule has 3 aromatic carbocycles. The van der Waals surface area contributed by atoms with Gasteiger partial charge < -0.3 is 29.1 Å². The molecule has 3 aromatic rings. The molecule has 1 saturated heterocycles. The number of benzene rings is 3. The van der Waals surface area contributed by atoms with E-state index in [2.05, 4.69) is 18.7 Å². The molecule has 0 aliphatic carbocycles. The van der Waals surface area contributed by atoms with Gasteiger partial charge in [0.05, 0.1) is 11.6 Å². The quantitative estimate of drug-likeness (QED) is 0.224. The minimum absolute atomic E-state index is 0.0548. The van der Waals surface area contributed by atoms with Crippen LogP contribution in [0.5, 0.6) is 17.2 Å². The molecule has 1 amide bonds. The van der Waals surface area contributed by atoms with E-state index in [1.165, 1.54) is 0 Å². The Balaban J connectivity index is 1.48. The first-order valence-corrected chi connectivity index (χ1v) is 13.7. The number of aliphatic hydroxyl groups is 1. The number of hydrogen-bond donors (Lipinski definition) is 1. The highest BCUT2D eigenvalue weighted by molar-refractivity contribution is 6.46. The first kappa shape index (κ1) is 27.3. The van der Waals surface area contributed by atoms with Gasteiger partial charge in [0.1, 0.15) is 31.3 Å². The number of carbonyl (C=O) groups is 2. The maximum absolute atomic E-state index is 13.4. The second-order valence-corrected chi connectivity index (χ2v) is 9.72. The molecule has 208 valence electrons. The van der Waals surface area contributed by atoms with Crippen molar-refractivity contribution in [2.75, 3.05) is 39.4 Å². The van der Waals surface area contributed by atoms with E-state index in [1.807, 2.05) is 54.6 Å². The molecule has 5 rings (SSSR count). The average molecular weight is 543 g/mol. The van der Waals surface area contributed by atoms with Crippen molar-refractivity contribution in [1.29, 1.82) is 0 Å². The molecule has 0 spiro atoms. The second-order valence-electron chi connectivity index (χ2n) is 9.72. The average Bonchev–Trinajstić information content (AvgIpc) is 3.25. The lowest BCUT2D eigenvalue weighted by Crippen LogP contribution is -2.38. The minimum atomic E-state index is -0.744. The molecule has 8 nitrogen and oxygen atoms in total. The summed E-state index contributed by atoms with van der Waals surface area (Å²) in [5.74, 6) is 0.157. The number of rotatable bonds is 10. The standard InChI is InChI=1S/C32H34N2O6/c1-3-33(4-2)16-17-34-29(23-10-13-25(14-11-23)40-21-22-8-6-5-7-9-22)28(31(36)32(34)37)30(35)24-12-15-26-27(20-24)39-19-18-38-26/h5-15,20,29,35H,3-4,16-19,21H2,1-2H3. The van der Waals surface area contributed by atoms with Crippen molar-refractivity contribution in [3.05, 3.63) is 95.1 Å². The molecule has 40 heavy (non-hydrogen) atoms. The summed E-state index contributed by atoms with van der Waals surface area (Å²) in [4.78, 5) is 30.5. The number of ether oxygens (including phenoxy) is 3. The number of hydrogen-bond acceptors (Lipinski definition) is 7. The van der Waals surface area contributed by atoms with Gasteiger partial charge in [-0.15, -0.1) is 0 Å². The normalized spacial score (nSPS) is 17.9. The third kappa shape index (κ3) is 5.67. The molecule has 1 fully saturated rings. The SMILES string of the molecule is CCN(CC)CCN1C(=O)C(=O)C(=C(O)c2ccc3c(c2)OCCO3)C1c1ccc(OCc2ccccc2)cc1. The van der Waals surface area contributed by atoms with Gasteiger partial charge in [-0.1, -0.05) is 56.3 Å². The molecule has 1 N–H and O–H groups in total. The van der Waals surface area contributed by atoms with Gasteiger partial charge in [-0.05, 0) is 54.5 Å². The number of ketones is 1. The number of amides is 1. The summed E-state index contributed by atoms with van der Waals surface area (Å²) in [6.45, 7) is 8.00. The number of fused-ring (bicyclic) bond motifs is 1. The fourth-order valence-corrected chi connectivity index (χ4v) is 5.08. The van der Waals surface area contributed by atoms with Gasteiger partial charge in [0.25, 0.3) is 11.7 Å². The predicted molar refractivity (Wildman–Crippen MR) is 151 cm³/mol. The first-order chi connectivity index (χ1) is 19.5. The lowest BCUT2D eigenvalue weighted by Gasteiger charge is -2.28. The van der Waals surface area contributed by atoms with Crippen LogP contribution in [0.25, 0.3) is 5.76 Å². The Bertz CT molecular complexity index is 1380. The number of Topliss-reactive ketones (excluding diaryl/α,β-unsaturated/α-hetero) is 1. The van der Waals surface area contributed by atoms with E-state index >= 15 is 0 Å². The largest absolute Gasteiger partial charge is 0.507 e. The third-order valence-electron chi connectivity index (χ3n) is 7.35. The van der Waals surface area contributed by atoms with Crippen molar-refractivity contribution in [2.45, 2.75) is 26.5 Å². The molecule has 2 aliphatic heterocycles. The van der Waals surface area contributed by atoms with E-state index in [1.54, 1.807) is 23.1 Å². The fraction of sp³-hybridized carbons (Fsp3) is 0.312. The van der Waals surface area contributed by atoms with Crippen LogP contribution in [0.1, 0.15) is 36.6 Å². The summed E-state index contributed by atoms with van der Waals surface area (Å²) in [7, 11) is 0. The highest BCUT2D eigenvalue weighted by Crippen LogP contribution is 2.41. The van der Waals surface area contributed by atoms with Crippen LogP contribution in [-0.4, -0.2) is 66.0 Å². The van der Waals surface area contributed by atoms with E-state index in [0.717, 1.165) is 18.7 Å². The van der Waals surface area contributed by atoms with E-state index < -0.39 is 17.7 Å². The first-order valence-electron chi connectivity index (χ1n) is 13.7. The molecule has 0 bridgehead atoms. The van der Waals surface area contributed by atoms with Gasteiger partial charge in [-0.3, -0.25) is 9.59 Å². The number of aliphatic hydroxyl groups excluding tert-OH is 1. The number of nitrogens with zero attached hydrogens (tertiary/aromatic N) is 2. The van der Waals surface area contributed by atoms with Crippen LogP contribution in [0.2, 0.25) is 0 Å². The second kappa shape index (κ2) is 12.3. The van der Waals surface area contributed by atoms with Crippen molar-refractivity contribution in [1.82, 2.24) is 9.80 Å². The highest BCUT2D eigenvalue weighted by atomic mass is 16.6. The Morgan fingerprint density at radius 2 is 1.65 bits per heavy atom. The molecule has 8 heteroatoms. The van der Waals surface area contributed by atoms with Gasteiger partial charge in [0.2, 0.25) is 0 Å². The van der Waals surface area contributed by atoms with Crippen LogP contribution in [0.3, 0.4) is 0 Å². The molecule has 1 unspecified atom stereocenters. The van der Waals surface area contributed by atoms with Gasteiger partial charge >= 0.3 is 0 Å². The summed E-state index contributed by atoms with van der Waals surface area (Å²) in [5.41, 5.74) is 2.21. The zero-order valence-electron chi connectivity index (χ0n) is 22.8. The fourth-order valence-electron chi connectivity index (χ4n) is 5.08. The summed E-state index contributed by atoms with van der Waals surface area (Å²) < 4.78 is 17.2. The number of carbonyl (C=O) groups excluding carboxylic acids is 2. The smallest absolute Gasteiger partial charge is 0.295 e. The Hall–Kier alpha value is -4.30. The van der Waals surface area contributed by atoms with E-state index in [4.69, 9.17) is 14.2 Å². The van der Waals surface area contributed by atoms with Crippen LogP contribution in [-0.2, 0) is 16.2 Å². The lowest BCUT2D eigenvalue weighted by molar-refractivity contribution is -0.140. The van der Waals surface area contributed by atoms with Crippen molar-refractivity contribution in [3.8, 4) is 17.2 Å². The summed E-state index contributed by atoms with van der Waals surface area (Å²) >= 11 is 0. The van der Waals surface area contributed by atoms with Gasteiger partial charge in [0.15, 0.2) is 11.5 Å². The van der Waals surface area contributed by atoms with Crippen molar-refractivity contribution >= 4 is 17.4 Å². The van der Waals surface area contributed by atoms with Gasteiger partial charge in [-0.2, -0.15) is 0 Å². The molecule has 0 radical (unpaired) electrons. The summed E-state index contributed by atoms with van der Waals surface area (Å²) in [6, 6.07) is 21.5. The number of likely N-dealkylation sites (tertiary alicyclic amines) is 1. The van der Waals surface area contributed by atoms with Gasteiger partial charge in [-0.25, -0.2) is 0 Å². The Morgan fingerprint density at radius 1 is 0.950 bits per heavy atom. The Labute approximate surface area is 234 Å². The van der Waals surface area contributed by atoms with E-state index in [9.17, 15) is 14.7 Å². The Morgan fingerprint density at radius 3 is 2.35 bits per heavy atom. The summed E-state index contributed by atoms with van der Waals surface area (Å²) in [5, 5.41) is 11.4. The van der Waals surface area contributed by atoms with Crippen LogP contribution >= 0.6 is 0 Å². The lowest BCUT2D eigenvalue weighted by atomic mass is 9.95. The monoisotopic (exact) mass is 542 g/mol. The molecule has 1 atom stereocenters. The highest BCUT2D eigenvalue weighted by Gasteiger charge is 2.46. The van der Waals surface area contributed by atoms with Crippen molar-refractivity contribution < 1.29 is 28.9 Å². The van der Waals surface area contributed by atoms with Crippen LogP contribution in [0, 0.1) is 0 Å².